The van der Waals surface area contributed by atoms with Gasteiger partial charge >= 0.3 is 0 Å². The van der Waals surface area contributed by atoms with Gasteiger partial charge in [0.15, 0.2) is 0 Å². The molecule has 5 heteroatoms. The topological polar surface area (TPSA) is 20.3 Å². The maximum atomic E-state index is 14.1. The Morgan fingerprint density at radius 3 is 2.62 bits per heavy atom. The minimum absolute atomic E-state index is 0.0308. The highest BCUT2D eigenvalue weighted by Gasteiger charge is 2.22. The molecule has 24 heavy (non-hydrogen) atoms. The van der Waals surface area contributed by atoms with Gasteiger partial charge in [-0.15, -0.1) is 12.3 Å². The number of nitrogens with zero attached hydrogens (tertiary/aromatic N) is 1. The summed E-state index contributed by atoms with van der Waals surface area (Å²) >= 11 is 0. The molecular formula is C19H16F3NO. The number of benzene rings is 2. The van der Waals surface area contributed by atoms with Crippen molar-refractivity contribution in [3.8, 4) is 12.3 Å². The standard InChI is InChI=1S/C19H16F3NO/c1-3-5-19(15-10-14(20)8-9-18(15)22)23(2)11-16-13(12-24)6-4-7-17(16)21/h1,4,6-10,12,19H,5,11H2,2H3. The van der Waals surface area contributed by atoms with Crippen LogP contribution in [0.15, 0.2) is 36.4 Å². The summed E-state index contributed by atoms with van der Waals surface area (Å²) in [5.41, 5.74) is 0.495. The van der Waals surface area contributed by atoms with Crippen LogP contribution in [0.2, 0.25) is 0 Å². The van der Waals surface area contributed by atoms with Gasteiger partial charge in [-0.25, -0.2) is 13.2 Å². The lowest BCUT2D eigenvalue weighted by Gasteiger charge is -2.28. The van der Waals surface area contributed by atoms with Gasteiger partial charge in [-0.3, -0.25) is 9.69 Å². The molecular weight excluding hydrogens is 315 g/mol. The summed E-state index contributed by atoms with van der Waals surface area (Å²) in [5, 5.41) is 0. The molecule has 2 rings (SSSR count). The first-order chi connectivity index (χ1) is 11.5. The lowest BCUT2D eigenvalue weighted by atomic mass is 10.00. The first kappa shape index (κ1) is 17.8. The van der Waals surface area contributed by atoms with E-state index in [1.807, 2.05) is 0 Å². The molecule has 0 radical (unpaired) electrons. The first-order valence-corrected chi connectivity index (χ1v) is 7.29. The second-order valence-corrected chi connectivity index (χ2v) is 5.43. The molecule has 2 nitrogen and oxygen atoms in total. The molecule has 0 N–H and O–H groups in total. The molecule has 0 aliphatic carbocycles. The predicted molar refractivity (Wildman–Crippen MR) is 85.8 cm³/mol. The summed E-state index contributed by atoms with van der Waals surface area (Å²) < 4.78 is 41.6. The highest BCUT2D eigenvalue weighted by atomic mass is 19.1. The van der Waals surface area contributed by atoms with Crippen LogP contribution in [0, 0.1) is 29.8 Å². The summed E-state index contributed by atoms with van der Waals surface area (Å²) in [4.78, 5) is 12.7. The Labute approximate surface area is 138 Å². The zero-order chi connectivity index (χ0) is 17.7. The molecule has 0 aliphatic heterocycles. The van der Waals surface area contributed by atoms with Crippen LogP contribution < -0.4 is 0 Å². The molecule has 1 unspecified atom stereocenters. The Balaban J connectivity index is 2.37. The maximum Gasteiger partial charge on any atom is 0.150 e. The van der Waals surface area contributed by atoms with Crippen molar-refractivity contribution in [2.45, 2.75) is 19.0 Å². The molecule has 0 saturated heterocycles. The molecule has 0 aliphatic rings. The van der Waals surface area contributed by atoms with Gasteiger partial charge in [0, 0.05) is 35.7 Å². The van der Waals surface area contributed by atoms with Crippen molar-refractivity contribution in [2.24, 2.45) is 0 Å². The van der Waals surface area contributed by atoms with Crippen molar-refractivity contribution in [1.29, 1.82) is 0 Å². The quantitative estimate of drug-likeness (QED) is 0.586. The highest BCUT2D eigenvalue weighted by Crippen LogP contribution is 2.28. The Kier molecular flexibility index (Phi) is 5.78. The number of hydrogen-bond donors (Lipinski definition) is 0. The van der Waals surface area contributed by atoms with E-state index in [9.17, 15) is 18.0 Å². The third kappa shape index (κ3) is 3.84. The predicted octanol–water partition coefficient (Wildman–Crippen LogP) is 4.11. The number of terminal acetylenes is 1. The van der Waals surface area contributed by atoms with E-state index >= 15 is 0 Å². The van der Waals surface area contributed by atoms with E-state index in [1.54, 1.807) is 11.9 Å². The fourth-order valence-electron chi connectivity index (χ4n) is 2.60. The summed E-state index contributed by atoms with van der Waals surface area (Å²) in [5.74, 6) is 0.720. The van der Waals surface area contributed by atoms with Crippen molar-refractivity contribution in [3.63, 3.8) is 0 Å². The van der Waals surface area contributed by atoms with Gasteiger partial charge in [-0.1, -0.05) is 12.1 Å². The Hall–Kier alpha value is -2.58. The van der Waals surface area contributed by atoms with Gasteiger partial charge in [0.1, 0.15) is 23.7 Å². The summed E-state index contributed by atoms with van der Waals surface area (Å²) in [7, 11) is 1.62. The molecule has 1 atom stereocenters. The van der Waals surface area contributed by atoms with E-state index in [2.05, 4.69) is 5.92 Å². The third-order valence-corrected chi connectivity index (χ3v) is 3.85. The smallest absolute Gasteiger partial charge is 0.150 e. The zero-order valence-corrected chi connectivity index (χ0v) is 13.1. The van der Waals surface area contributed by atoms with Gasteiger partial charge in [0.2, 0.25) is 0 Å². The molecule has 0 spiro atoms. The van der Waals surface area contributed by atoms with Gasteiger partial charge in [-0.2, -0.15) is 0 Å². The second-order valence-electron chi connectivity index (χ2n) is 5.43. The molecule has 2 aromatic rings. The average Bonchev–Trinajstić information content (AvgIpc) is 2.56. The summed E-state index contributed by atoms with van der Waals surface area (Å²) in [6.45, 7) is 0.0308. The van der Waals surface area contributed by atoms with E-state index in [0.29, 0.717) is 6.29 Å². The van der Waals surface area contributed by atoms with Crippen LogP contribution in [0.3, 0.4) is 0 Å². The van der Waals surface area contributed by atoms with Crippen LogP contribution in [-0.4, -0.2) is 18.2 Å². The lowest BCUT2D eigenvalue weighted by Crippen LogP contribution is -2.26. The van der Waals surface area contributed by atoms with Gasteiger partial charge in [0.05, 0.1) is 0 Å². The van der Waals surface area contributed by atoms with Crippen molar-refractivity contribution < 1.29 is 18.0 Å². The van der Waals surface area contributed by atoms with Crippen molar-refractivity contribution in [2.75, 3.05) is 7.05 Å². The second kappa shape index (κ2) is 7.80. The molecule has 0 amide bonds. The number of halogens is 3. The van der Waals surface area contributed by atoms with E-state index in [-0.39, 0.29) is 29.7 Å². The largest absolute Gasteiger partial charge is 0.298 e. The van der Waals surface area contributed by atoms with E-state index in [1.165, 1.54) is 18.2 Å². The van der Waals surface area contributed by atoms with E-state index in [4.69, 9.17) is 6.42 Å². The Morgan fingerprint density at radius 2 is 1.96 bits per heavy atom. The van der Waals surface area contributed by atoms with Crippen molar-refractivity contribution >= 4 is 6.29 Å². The molecule has 0 saturated carbocycles. The monoisotopic (exact) mass is 331 g/mol. The fourth-order valence-corrected chi connectivity index (χ4v) is 2.60. The molecule has 0 bridgehead atoms. The van der Waals surface area contributed by atoms with Crippen molar-refractivity contribution in [1.82, 2.24) is 4.90 Å². The van der Waals surface area contributed by atoms with Gasteiger partial charge in [0.25, 0.3) is 0 Å². The Bertz CT molecular complexity index is 783. The van der Waals surface area contributed by atoms with Crippen molar-refractivity contribution in [3.05, 3.63) is 70.5 Å². The van der Waals surface area contributed by atoms with Crippen LogP contribution >= 0.6 is 0 Å². The summed E-state index contributed by atoms with van der Waals surface area (Å²) in [6.07, 6.45) is 6.02. The molecule has 124 valence electrons. The van der Waals surface area contributed by atoms with Crippen LogP contribution in [-0.2, 0) is 6.54 Å². The number of carbonyl (C=O) groups is 1. The van der Waals surface area contributed by atoms with Crippen LogP contribution in [0.5, 0.6) is 0 Å². The van der Waals surface area contributed by atoms with E-state index in [0.717, 1.165) is 18.2 Å². The SMILES string of the molecule is C#CCC(c1cc(F)ccc1F)N(C)Cc1c(F)cccc1C=O. The summed E-state index contributed by atoms with van der Waals surface area (Å²) in [6, 6.07) is 6.66. The van der Waals surface area contributed by atoms with Crippen LogP contribution in [0.25, 0.3) is 0 Å². The molecule has 2 aromatic carbocycles. The van der Waals surface area contributed by atoms with Crippen LogP contribution in [0.4, 0.5) is 13.2 Å². The van der Waals surface area contributed by atoms with Gasteiger partial charge < -0.3 is 0 Å². The number of aldehydes is 1. The number of rotatable bonds is 6. The lowest BCUT2D eigenvalue weighted by molar-refractivity contribution is 0.112. The van der Waals surface area contributed by atoms with E-state index < -0.39 is 23.5 Å². The normalized spacial score (nSPS) is 12.0. The fraction of sp³-hybridized carbons (Fsp3) is 0.211. The third-order valence-electron chi connectivity index (χ3n) is 3.85. The first-order valence-electron chi connectivity index (χ1n) is 7.29. The van der Waals surface area contributed by atoms with Crippen LogP contribution in [0.1, 0.15) is 33.9 Å². The number of carbonyl (C=O) groups excluding carboxylic acids is 1. The molecule has 0 fully saturated rings. The molecule has 0 heterocycles. The minimum atomic E-state index is -0.648. The highest BCUT2D eigenvalue weighted by molar-refractivity contribution is 5.77. The Morgan fingerprint density at radius 1 is 1.21 bits per heavy atom. The maximum absolute atomic E-state index is 14.1. The molecule has 0 aromatic heterocycles. The number of hydrogen-bond acceptors (Lipinski definition) is 2. The van der Waals surface area contributed by atoms with Gasteiger partial charge in [-0.05, 0) is 31.3 Å². The average molecular weight is 331 g/mol. The minimum Gasteiger partial charge on any atom is -0.298 e. The zero-order valence-electron chi connectivity index (χ0n) is 13.1.